The van der Waals surface area contributed by atoms with Gasteiger partial charge in [0.25, 0.3) is 0 Å². The van der Waals surface area contributed by atoms with E-state index in [-0.39, 0.29) is 23.1 Å². The van der Waals surface area contributed by atoms with Crippen molar-refractivity contribution in [2.45, 2.75) is 41.7 Å². The van der Waals surface area contributed by atoms with E-state index < -0.39 is 15.8 Å². The number of hydrogen-bond acceptors (Lipinski definition) is 5. The zero-order valence-electron chi connectivity index (χ0n) is 18.3. The van der Waals surface area contributed by atoms with Crippen LogP contribution >= 0.6 is 0 Å². The Morgan fingerprint density at radius 3 is 2.47 bits per heavy atom. The van der Waals surface area contributed by atoms with Crippen LogP contribution in [0.25, 0.3) is 0 Å². The Labute approximate surface area is 188 Å². The number of benzene rings is 1. The number of carbonyl (C=O) groups is 2. The quantitative estimate of drug-likeness (QED) is 0.659. The van der Waals surface area contributed by atoms with Crippen molar-refractivity contribution in [1.82, 2.24) is 20.0 Å². The summed E-state index contributed by atoms with van der Waals surface area (Å²) in [7, 11) is 0.102. The normalized spacial score (nSPS) is 19.6. The zero-order valence-corrected chi connectivity index (χ0v) is 19.1. The van der Waals surface area contributed by atoms with Crippen molar-refractivity contribution in [3.8, 4) is 0 Å². The lowest BCUT2D eigenvalue weighted by atomic mass is 9.87. The highest BCUT2D eigenvalue weighted by Crippen LogP contribution is 2.35. The minimum Gasteiger partial charge on any atom is -0.341 e. The number of rotatable bonds is 7. The van der Waals surface area contributed by atoms with E-state index in [2.05, 4.69) is 15.7 Å². The SMILES string of the molecule is CNC(=O)N1CCC(CC(C(=O)Nc2ccn(C)n2)c2ccc(S(=O)(=O)C3CC3)cc2)C1. The van der Waals surface area contributed by atoms with Crippen molar-refractivity contribution in [3.05, 3.63) is 42.1 Å². The van der Waals surface area contributed by atoms with Crippen LogP contribution < -0.4 is 10.6 Å². The average molecular weight is 460 g/mol. The van der Waals surface area contributed by atoms with E-state index in [4.69, 9.17) is 0 Å². The van der Waals surface area contributed by atoms with E-state index >= 15 is 0 Å². The Morgan fingerprint density at radius 1 is 1.16 bits per heavy atom. The number of hydrogen-bond donors (Lipinski definition) is 2. The monoisotopic (exact) mass is 459 g/mol. The number of likely N-dealkylation sites (tertiary alicyclic amines) is 1. The Morgan fingerprint density at radius 2 is 1.88 bits per heavy atom. The molecule has 0 radical (unpaired) electrons. The second kappa shape index (κ2) is 8.93. The summed E-state index contributed by atoms with van der Waals surface area (Å²) in [6.45, 7) is 1.23. The van der Waals surface area contributed by atoms with Gasteiger partial charge in [0.1, 0.15) is 0 Å². The second-order valence-electron chi connectivity index (χ2n) is 8.62. The molecule has 10 heteroatoms. The predicted molar refractivity (Wildman–Crippen MR) is 120 cm³/mol. The van der Waals surface area contributed by atoms with E-state index in [1.54, 1.807) is 60.2 Å². The van der Waals surface area contributed by atoms with E-state index in [1.165, 1.54) is 0 Å². The van der Waals surface area contributed by atoms with E-state index in [1.807, 2.05) is 0 Å². The molecule has 1 aromatic heterocycles. The molecule has 1 saturated carbocycles. The minimum atomic E-state index is -3.28. The van der Waals surface area contributed by atoms with Crippen molar-refractivity contribution >= 4 is 27.6 Å². The zero-order chi connectivity index (χ0) is 22.9. The number of nitrogens with zero attached hydrogens (tertiary/aromatic N) is 3. The average Bonchev–Trinajstić information content (AvgIpc) is 3.42. The third kappa shape index (κ3) is 4.79. The molecule has 2 heterocycles. The summed E-state index contributed by atoms with van der Waals surface area (Å²) in [4.78, 5) is 27.2. The number of nitrogens with one attached hydrogen (secondary N) is 2. The van der Waals surface area contributed by atoms with Gasteiger partial charge in [-0.05, 0) is 49.3 Å². The molecule has 2 aliphatic rings. The lowest BCUT2D eigenvalue weighted by Gasteiger charge is -2.21. The topological polar surface area (TPSA) is 113 Å². The van der Waals surface area contributed by atoms with Crippen LogP contribution in [0, 0.1) is 5.92 Å². The van der Waals surface area contributed by atoms with Crippen LogP contribution in [0.1, 0.15) is 37.2 Å². The second-order valence-corrected chi connectivity index (χ2v) is 10.8. The number of aromatic nitrogens is 2. The number of urea groups is 1. The minimum absolute atomic E-state index is 0.114. The van der Waals surface area contributed by atoms with Gasteiger partial charge in [-0.3, -0.25) is 9.48 Å². The Kier molecular flexibility index (Phi) is 6.23. The molecule has 2 atom stereocenters. The molecule has 9 nitrogen and oxygen atoms in total. The van der Waals surface area contributed by atoms with Gasteiger partial charge in [-0.1, -0.05) is 12.1 Å². The van der Waals surface area contributed by atoms with Gasteiger partial charge < -0.3 is 15.5 Å². The third-order valence-corrected chi connectivity index (χ3v) is 8.49. The fourth-order valence-electron chi connectivity index (χ4n) is 4.25. The predicted octanol–water partition coefficient (Wildman–Crippen LogP) is 2.13. The molecular formula is C22H29N5O4S. The first-order valence-corrected chi connectivity index (χ1v) is 12.4. The number of aryl methyl sites for hydroxylation is 1. The van der Waals surface area contributed by atoms with Crippen LogP contribution in [0.3, 0.4) is 0 Å². The summed E-state index contributed by atoms with van der Waals surface area (Å²) in [5.74, 6) is -0.0419. The number of anilines is 1. The molecule has 2 N–H and O–H groups in total. The van der Waals surface area contributed by atoms with Crippen molar-refractivity contribution in [2.75, 3.05) is 25.5 Å². The molecule has 0 bridgehead atoms. The molecular weight excluding hydrogens is 430 g/mol. The highest BCUT2D eigenvalue weighted by atomic mass is 32.2. The van der Waals surface area contributed by atoms with Gasteiger partial charge in [-0.2, -0.15) is 5.10 Å². The van der Waals surface area contributed by atoms with Crippen LogP contribution in [0.4, 0.5) is 10.6 Å². The smallest absolute Gasteiger partial charge is 0.317 e. The Balaban J connectivity index is 1.54. The molecule has 3 amide bonds. The maximum atomic E-state index is 13.2. The summed E-state index contributed by atoms with van der Waals surface area (Å²) >= 11 is 0. The van der Waals surface area contributed by atoms with Crippen molar-refractivity contribution in [2.24, 2.45) is 13.0 Å². The first-order valence-electron chi connectivity index (χ1n) is 10.9. The van der Waals surface area contributed by atoms with Gasteiger partial charge in [0.2, 0.25) is 5.91 Å². The molecule has 1 aromatic carbocycles. The molecule has 2 unspecified atom stereocenters. The highest BCUT2D eigenvalue weighted by Gasteiger charge is 2.37. The van der Waals surface area contributed by atoms with Crippen LogP contribution in [0.5, 0.6) is 0 Å². The molecule has 1 aliphatic heterocycles. The Hall–Kier alpha value is -2.88. The van der Waals surface area contributed by atoms with Crippen LogP contribution in [0.15, 0.2) is 41.4 Å². The largest absolute Gasteiger partial charge is 0.341 e. The number of amides is 3. The molecule has 2 fully saturated rings. The number of carbonyl (C=O) groups excluding carboxylic acids is 2. The van der Waals surface area contributed by atoms with Gasteiger partial charge in [0.15, 0.2) is 15.7 Å². The molecule has 4 rings (SSSR count). The summed E-state index contributed by atoms with van der Waals surface area (Å²) in [5, 5.41) is 9.47. The standard InChI is InChI=1S/C22H29N5O4S/c1-23-22(29)27-12-9-15(14-27)13-19(21(28)24-20-10-11-26(2)25-20)16-3-5-17(6-4-16)32(30,31)18-7-8-18/h3-6,10-11,15,18-19H,7-9,12-14H2,1-2H3,(H,23,29)(H,24,25,28). The lowest BCUT2D eigenvalue weighted by molar-refractivity contribution is -0.118. The maximum absolute atomic E-state index is 13.2. The molecule has 32 heavy (non-hydrogen) atoms. The summed E-state index contributed by atoms with van der Waals surface area (Å²) in [6, 6.07) is 8.30. The molecule has 1 aliphatic carbocycles. The van der Waals surface area contributed by atoms with E-state index in [0.717, 1.165) is 12.0 Å². The first-order chi connectivity index (χ1) is 15.3. The van der Waals surface area contributed by atoms with E-state index in [0.29, 0.717) is 43.1 Å². The molecule has 2 aromatic rings. The van der Waals surface area contributed by atoms with Crippen LogP contribution in [0.2, 0.25) is 0 Å². The van der Waals surface area contributed by atoms with Gasteiger partial charge in [0.05, 0.1) is 16.1 Å². The van der Waals surface area contributed by atoms with Gasteiger partial charge in [-0.25, -0.2) is 13.2 Å². The highest BCUT2D eigenvalue weighted by molar-refractivity contribution is 7.92. The van der Waals surface area contributed by atoms with Gasteiger partial charge in [-0.15, -0.1) is 0 Å². The molecule has 172 valence electrons. The van der Waals surface area contributed by atoms with Gasteiger partial charge >= 0.3 is 6.03 Å². The Bertz CT molecular complexity index is 1090. The summed E-state index contributed by atoms with van der Waals surface area (Å²) in [5.41, 5.74) is 0.756. The lowest BCUT2D eigenvalue weighted by Crippen LogP contribution is -2.36. The first kappa shape index (κ1) is 22.3. The maximum Gasteiger partial charge on any atom is 0.317 e. The fourth-order valence-corrected chi connectivity index (χ4v) is 5.91. The summed E-state index contributed by atoms with van der Waals surface area (Å²) < 4.78 is 26.7. The van der Waals surface area contributed by atoms with Crippen molar-refractivity contribution in [1.29, 1.82) is 0 Å². The van der Waals surface area contributed by atoms with E-state index in [9.17, 15) is 18.0 Å². The van der Waals surface area contributed by atoms with Crippen LogP contribution in [-0.2, 0) is 21.7 Å². The third-order valence-electron chi connectivity index (χ3n) is 6.21. The van der Waals surface area contributed by atoms with Gasteiger partial charge in [0, 0.05) is 39.4 Å². The van der Waals surface area contributed by atoms with Crippen molar-refractivity contribution < 1.29 is 18.0 Å². The number of sulfone groups is 1. The fraction of sp³-hybridized carbons (Fsp3) is 0.500. The van der Waals surface area contributed by atoms with Crippen molar-refractivity contribution in [3.63, 3.8) is 0 Å². The molecule has 1 saturated heterocycles. The molecule has 0 spiro atoms. The van der Waals surface area contributed by atoms with Crippen LogP contribution in [-0.4, -0.2) is 60.4 Å². The summed E-state index contributed by atoms with van der Waals surface area (Å²) in [6.07, 6.45) is 4.54.